The normalized spacial score (nSPS) is 10.1. The molecule has 0 fully saturated rings. The van der Waals surface area contributed by atoms with Crippen molar-refractivity contribution in [3.05, 3.63) is 59.2 Å². The zero-order valence-electron chi connectivity index (χ0n) is 12.9. The number of carbonyl (C=O) groups excluding carboxylic acids is 2. The maximum absolute atomic E-state index is 12.4. The SMILES string of the molecule is COc1cc(CC(=O)c2ccccc2)c(C(C)=O)cc1OC. The topological polar surface area (TPSA) is 52.6 Å². The number of Topliss-reactive ketones (excluding diaryl/α,β-unsaturated/α-hetero) is 2. The van der Waals surface area contributed by atoms with Crippen molar-refractivity contribution < 1.29 is 19.1 Å². The molecule has 0 aliphatic rings. The fourth-order valence-electron chi connectivity index (χ4n) is 2.29. The van der Waals surface area contributed by atoms with E-state index in [0.29, 0.717) is 28.2 Å². The summed E-state index contributed by atoms with van der Waals surface area (Å²) in [5.74, 6) is 0.819. The quantitative estimate of drug-likeness (QED) is 0.768. The highest BCUT2D eigenvalue weighted by Crippen LogP contribution is 2.31. The van der Waals surface area contributed by atoms with E-state index in [2.05, 4.69) is 0 Å². The van der Waals surface area contributed by atoms with Crippen LogP contribution in [-0.2, 0) is 6.42 Å². The van der Waals surface area contributed by atoms with Crippen molar-refractivity contribution in [2.24, 2.45) is 0 Å². The van der Waals surface area contributed by atoms with Crippen molar-refractivity contribution in [2.45, 2.75) is 13.3 Å². The van der Waals surface area contributed by atoms with E-state index in [-0.39, 0.29) is 18.0 Å². The van der Waals surface area contributed by atoms with Crippen molar-refractivity contribution in [3.63, 3.8) is 0 Å². The first kappa shape index (κ1) is 15.8. The van der Waals surface area contributed by atoms with Crippen LogP contribution in [0.1, 0.15) is 33.2 Å². The van der Waals surface area contributed by atoms with Crippen LogP contribution in [0.2, 0.25) is 0 Å². The minimum Gasteiger partial charge on any atom is -0.493 e. The molecule has 22 heavy (non-hydrogen) atoms. The summed E-state index contributed by atoms with van der Waals surface area (Å²) in [5, 5.41) is 0. The largest absolute Gasteiger partial charge is 0.493 e. The molecule has 0 atom stereocenters. The third-order valence-corrected chi connectivity index (χ3v) is 3.44. The van der Waals surface area contributed by atoms with E-state index in [1.54, 1.807) is 24.3 Å². The monoisotopic (exact) mass is 298 g/mol. The molecule has 0 aliphatic carbocycles. The highest BCUT2D eigenvalue weighted by molar-refractivity contribution is 6.01. The van der Waals surface area contributed by atoms with Gasteiger partial charge in [-0.05, 0) is 24.6 Å². The molecule has 0 unspecified atom stereocenters. The summed E-state index contributed by atoms with van der Waals surface area (Å²) in [4.78, 5) is 24.2. The van der Waals surface area contributed by atoms with E-state index in [4.69, 9.17) is 9.47 Å². The van der Waals surface area contributed by atoms with Gasteiger partial charge in [-0.2, -0.15) is 0 Å². The lowest BCUT2D eigenvalue weighted by molar-refractivity contribution is 0.0992. The van der Waals surface area contributed by atoms with Gasteiger partial charge >= 0.3 is 0 Å². The van der Waals surface area contributed by atoms with E-state index in [0.717, 1.165) is 0 Å². The van der Waals surface area contributed by atoms with E-state index >= 15 is 0 Å². The minimum atomic E-state index is -0.114. The Kier molecular flexibility index (Phi) is 4.94. The molecule has 0 N–H and O–H groups in total. The zero-order chi connectivity index (χ0) is 16.1. The van der Waals surface area contributed by atoms with Gasteiger partial charge in [-0.1, -0.05) is 30.3 Å². The predicted molar refractivity (Wildman–Crippen MR) is 84.0 cm³/mol. The third-order valence-electron chi connectivity index (χ3n) is 3.44. The number of ketones is 2. The Morgan fingerprint density at radius 2 is 1.55 bits per heavy atom. The van der Waals surface area contributed by atoms with Crippen LogP contribution >= 0.6 is 0 Å². The second-order valence-electron chi connectivity index (χ2n) is 4.89. The minimum absolute atomic E-state index is 0.0460. The molecule has 4 heteroatoms. The van der Waals surface area contributed by atoms with Crippen LogP contribution in [0.4, 0.5) is 0 Å². The molecule has 0 aromatic heterocycles. The molecule has 0 amide bonds. The Hall–Kier alpha value is -2.62. The molecular formula is C18H18O4. The lowest BCUT2D eigenvalue weighted by Crippen LogP contribution is -2.09. The van der Waals surface area contributed by atoms with Gasteiger partial charge < -0.3 is 9.47 Å². The summed E-state index contributed by atoms with van der Waals surface area (Å²) in [5.41, 5.74) is 1.73. The molecule has 0 aliphatic heterocycles. The first-order valence-electron chi connectivity index (χ1n) is 6.91. The highest BCUT2D eigenvalue weighted by Gasteiger charge is 2.17. The number of methoxy groups -OCH3 is 2. The second-order valence-corrected chi connectivity index (χ2v) is 4.89. The molecule has 114 valence electrons. The van der Waals surface area contributed by atoms with Crippen LogP contribution in [0.3, 0.4) is 0 Å². The number of hydrogen-bond donors (Lipinski definition) is 0. The molecule has 0 saturated heterocycles. The summed E-state index contributed by atoms with van der Waals surface area (Å²) in [6.45, 7) is 1.47. The molecular weight excluding hydrogens is 280 g/mol. The first-order chi connectivity index (χ1) is 10.6. The van der Waals surface area contributed by atoms with Gasteiger partial charge in [-0.15, -0.1) is 0 Å². The van der Waals surface area contributed by atoms with Crippen LogP contribution < -0.4 is 9.47 Å². The van der Waals surface area contributed by atoms with Crippen molar-refractivity contribution in [1.82, 2.24) is 0 Å². The maximum Gasteiger partial charge on any atom is 0.167 e. The Bertz CT molecular complexity index is 690. The van der Waals surface area contributed by atoms with Crippen LogP contribution in [0.5, 0.6) is 11.5 Å². The zero-order valence-corrected chi connectivity index (χ0v) is 12.9. The van der Waals surface area contributed by atoms with Crippen molar-refractivity contribution in [2.75, 3.05) is 14.2 Å². The molecule has 0 radical (unpaired) electrons. The second kappa shape index (κ2) is 6.89. The lowest BCUT2D eigenvalue weighted by Gasteiger charge is -2.13. The van der Waals surface area contributed by atoms with E-state index in [9.17, 15) is 9.59 Å². The number of ether oxygens (including phenoxy) is 2. The molecule has 2 aromatic rings. The number of benzene rings is 2. The average molecular weight is 298 g/mol. The van der Waals surface area contributed by atoms with E-state index < -0.39 is 0 Å². The Balaban J connectivity index is 2.41. The summed E-state index contributed by atoms with van der Waals surface area (Å²) >= 11 is 0. The fourth-order valence-corrected chi connectivity index (χ4v) is 2.29. The Morgan fingerprint density at radius 3 is 2.09 bits per heavy atom. The molecule has 0 heterocycles. The van der Waals surface area contributed by atoms with Gasteiger partial charge in [0.2, 0.25) is 0 Å². The third kappa shape index (κ3) is 3.34. The molecule has 2 rings (SSSR count). The van der Waals surface area contributed by atoms with Crippen LogP contribution in [0, 0.1) is 0 Å². The van der Waals surface area contributed by atoms with Gasteiger partial charge in [0.15, 0.2) is 23.1 Å². The molecule has 2 aromatic carbocycles. The van der Waals surface area contributed by atoms with Gasteiger partial charge in [-0.3, -0.25) is 9.59 Å². The average Bonchev–Trinajstić information content (AvgIpc) is 2.54. The summed E-state index contributed by atoms with van der Waals surface area (Å²) < 4.78 is 10.5. The smallest absolute Gasteiger partial charge is 0.167 e. The van der Waals surface area contributed by atoms with Gasteiger partial charge in [0.1, 0.15) is 0 Å². The van der Waals surface area contributed by atoms with Crippen LogP contribution in [0.15, 0.2) is 42.5 Å². The number of hydrogen-bond acceptors (Lipinski definition) is 4. The van der Waals surface area contributed by atoms with Crippen LogP contribution in [-0.4, -0.2) is 25.8 Å². The summed E-state index contributed by atoms with van der Waals surface area (Å²) in [6, 6.07) is 12.3. The molecule has 0 spiro atoms. The van der Waals surface area contributed by atoms with E-state index in [1.807, 2.05) is 18.2 Å². The van der Waals surface area contributed by atoms with Crippen molar-refractivity contribution in [1.29, 1.82) is 0 Å². The van der Waals surface area contributed by atoms with Gasteiger partial charge in [0.05, 0.1) is 14.2 Å². The summed E-state index contributed by atoms with van der Waals surface area (Å²) in [7, 11) is 3.03. The van der Waals surface area contributed by atoms with Crippen molar-refractivity contribution >= 4 is 11.6 Å². The highest BCUT2D eigenvalue weighted by atomic mass is 16.5. The summed E-state index contributed by atoms with van der Waals surface area (Å²) in [6.07, 6.45) is 0.138. The van der Waals surface area contributed by atoms with Gasteiger partial charge in [0.25, 0.3) is 0 Å². The molecule has 0 bridgehead atoms. The lowest BCUT2D eigenvalue weighted by atomic mass is 9.96. The van der Waals surface area contributed by atoms with Gasteiger partial charge in [0, 0.05) is 17.5 Å². The number of carbonyl (C=O) groups is 2. The Morgan fingerprint density at radius 1 is 0.955 bits per heavy atom. The Labute approximate surface area is 129 Å². The predicted octanol–water partition coefficient (Wildman–Crippen LogP) is 3.33. The molecule has 0 saturated carbocycles. The van der Waals surface area contributed by atoms with Crippen LogP contribution in [0.25, 0.3) is 0 Å². The number of rotatable bonds is 6. The standard InChI is InChI=1S/C18H18O4/c1-12(19)15-11-18(22-3)17(21-2)10-14(15)9-16(20)13-7-5-4-6-8-13/h4-8,10-11H,9H2,1-3H3. The van der Waals surface area contributed by atoms with E-state index in [1.165, 1.54) is 21.1 Å². The maximum atomic E-state index is 12.4. The first-order valence-corrected chi connectivity index (χ1v) is 6.91. The van der Waals surface area contributed by atoms with Crippen molar-refractivity contribution in [3.8, 4) is 11.5 Å². The molecule has 4 nitrogen and oxygen atoms in total. The fraction of sp³-hybridized carbons (Fsp3) is 0.222. The van der Waals surface area contributed by atoms with Gasteiger partial charge in [-0.25, -0.2) is 0 Å².